The second kappa shape index (κ2) is 10.3. The standard InChI is InChI=1S/C27H32N2O5/c1-16(2)23(14-24(30)31)28-26(32)25(17-8-7-9-17)29-27(33)34-15-22-20-12-5-3-10-18(20)19-11-4-6-13-21(19)22/h3-6,10-13,16-17,22-23,25H,7-9,14-15H2,1-2H3,(H,28,32)(H,29,33)(H,30,31). The number of hydrogen-bond acceptors (Lipinski definition) is 4. The summed E-state index contributed by atoms with van der Waals surface area (Å²) in [5.74, 6) is -1.40. The van der Waals surface area contributed by atoms with E-state index in [0.29, 0.717) is 0 Å². The van der Waals surface area contributed by atoms with Crippen molar-refractivity contribution in [2.45, 2.75) is 57.5 Å². The topological polar surface area (TPSA) is 105 Å². The molecule has 1 saturated carbocycles. The first-order valence-electron chi connectivity index (χ1n) is 12.0. The molecule has 0 aliphatic heterocycles. The minimum atomic E-state index is -0.969. The van der Waals surface area contributed by atoms with E-state index in [9.17, 15) is 14.4 Å². The van der Waals surface area contributed by atoms with Crippen molar-refractivity contribution in [2.75, 3.05) is 6.61 Å². The molecular formula is C27H32N2O5. The maximum Gasteiger partial charge on any atom is 0.407 e. The lowest BCUT2D eigenvalue weighted by molar-refractivity contribution is -0.138. The molecule has 0 saturated heterocycles. The maximum absolute atomic E-state index is 13.0. The van der Waals surface area contributed by atoms with Crippen molar-refractivity contribution >= 4 is 18.0 Å². The van der Waals surface area contributed by atoms with Crippen LogP contribution in [0.4, 0.5) is 4.79 Å². The Morgan fingerprint density at radius 3 is 2.06 bits per heavy atom. The van der Waals surface area contributed by atoms with E-state index >= 15 is 0 Å². The highest BCUT2D eigenvalue weighted by atomic mass is 16.5. The van der Waals surface area contributed by atoms with Crippen LogP contribution in [0.3, 0.4) is 0 Å². The molecule has 7 nitrogen and oxygen atoms in total. The molecule has 0 bridgehead atoms. The normalized spacial score (nSPS) is 16.7. The lowest BCUT2D eigenvalue weighted by atomic mass is 9.79. The zero-order chi connectivity index (χ0) is 24.2. The van der Waals surface area contributed by atoms with E-state index in [4.69, 9.17) is 9.84 Å². The molecule has 0 spiro atoms. The second-order valence-electron chi connectivity index (χ2n) is 9.60. The number of rotatable bonds is 9. The number of carbonyl (C=O) groups excluding carboxylic acids is 2. The number of benzene rings is 2. The van der Waals surface area contributed by atoms with Gasteiger partial charge < -0.3 is 20.5 Å². The number of nitrogens with one attached hydrogen (secondary N) is 2. The lowest BCUT2D eigenvalue weighted by Crippen LogP contribution is -2.55. The van der Waals surface area contributed by atoms with Gasteiger partial charge in [0.15, 0.2) is 0 Å². The minimum Gasteiger partial charge on any atom is -0.481 e. The predicted molar refractivity (Wildman–Crippen MR) is 128 cm³/mol. The van der Waals surface area contributed by atoms with Gasteiger partial charge in [0.05, 0.1) is 6.42 Å². The van der Waals surface area contributed by atoms with Crippen molar-refractivity contribution in [2.24, 2.45) is 11.8 Å². The van der Waals surface area contributed by atoms with Crippen LogP contribution in [0.1, 0.15) is 56.6 Å². The van der Waals surface area contributed by atoms with Crippen LogP contribution in [-0.2, 0) is 14.3 Å². The van der Waals surface area contributed by atoms with Gasteiger partial charge in [-0.3, -0.25) is 9.59 Å². The highest BCUT2D eigenvalue weighted by molar-refractivity contribution is 5.87. The van der Waals surface area contributed by atoms with Crippen LogP contribution in [0.15, 0.2) is 48.5 Å². The Balaban J connectivity index is 1.41. The number of fused-ring (bicyclic) bond motifs is 3. The fourth-order valence-corrected chi connectivity index (χ4v) is 4.85. The van der Waals surface area contributed by atoms with E-state index in [0.717, 1.165) is 41.5 Å². The van der Waals surface area contributed by atoms with Crippen molar-refractivity contribution in [3.63, 3.8) is 0 Å². The molecule has 0 aromatic heterocycles. The molecule has 2 unspecified atom stereocenters. The smallest absolute Gasteiger partial charge is 0.407 e. The van der Waals surface area contributed by atoms with E-state index in [1.807, 2.05) is 38.1 Å². The van der Waals surface area contributed by atoms with Gasteiger partial charge >= 0.3 is 12.1 Å². The highest BCUT2D eigenvalue weighted by Crippen LogP contribution is 2.44. The minimum absolute atomic E-state index is 0.0260. The van der Waals surface area contributed by atoms with Crippen LogP contribution < -0.4 is 10.6 Å². The van der Waals surface area contributed by atoms with Gasteiger partial charge in [0.1, 0.15) is 12.6 Å². The molecule has 2 amide bonds. The van der Waals surface area contributed by atoms with E-state index in [1.54, 1.807) is 0 Å². The van der Waals surface area contributed by atoms with Gasteiger partial charge in [-0.15, -0.1) is 0 Å². The summed E-state index contributed by atoms with van der Waals surface area (Å²) in [7, 11) is 0. The van der Waals surface area contributed by atoms with Crippen molar-refractivity contribution in [3.8, 4) is 11.1 Å². The number of carbonyl (C=O) groups is 3. The first-order valence-corrected chi connectivity index (χ1v) is 12.0. The third-order valence-electron chi connectivity index (χ3n) is 7.05. The molecule has 0 radical (unpaired) electrons. The summed E-state index contributed by atoms with van der Waals surface area (Å²) < 4.78 is 5.63. The Hall–Kier alpha value is -3.35. The molecule has 3 N–H and O–H groups in total. The lowest BCUT2D eigenvalue weighted by Gasteiger charge is -2.34. The first-order chi connectivity index (χ1) is 16.3. The largest absolute Gasteiger partial charge is 0.481 e. The van der Waals surface area contributed by atoms with Gasteiger partial charge in [0, 0.05) is 12.0 Å². The number of carboxylic acids is 1. The van der Waals surface area contributed by atoms with E-state index in [-0.39, 0.29) is 36.7 Å². The molecule has 7 heteroatoms. The summed E-state index contributed by atoms with van der Waals surface area (Å²) in [5, 5.41) is 14.8. The summed E-state index contributed by atoms with van der Waals surface area (Å²) in [6.45, 7) is 3.91. The second-order valence-corrected chi connectivity index (χ2v) is 9.60. The molecule has 2 aliphatic rings. The van der Waals surface area contributed by atoms with Crippen molar-refractivity contribution in [1.29, 1.82) is 0 Å². The Morgan fingerprint density at radius 2 is 1.56 bits per heavy atom. The molecule has 2 aromatic carbocycles. The van der Waals surface area contributed by atoms with Crippen LogP contribution in [0.5, 0.6) is 0 Å². The summed E-state index contributed by atoms with van der Waals surface area (Å²) in [5.41, 5.74) is 4.55. The third kappa shape index (κ3) is 5.08. The average molecular weight is 465 g/mol. The molecule has 34 heavy (non-hydrogen) atoms. The zero-order valence-corrected chi connectivity index (χ0v) is 19.6. The Bertz CT molecular complexity index is 1020. The van der Waals surface area contributed by atoms with Crippen LogP contribution in [0.2, 0.25) is 0 Å². The third-order valence-corrected chi connectivity index (χ3v) is 7.05. The van der Waals surface area contributed by atoms with Gasteiger partial charge in [0.25, 0.3) is 0 Å². The van der Waals surface area contributed by atoms with Gasteiger partial charge in [-0.2, -0.15) is 0 Å². The molecule has 2 aliphatic carbocycles. The van der Waals surface area contributed by atoms with Gasteiger partial charge in [-0.25, -0.2) is 4.79 Å². The van der Waals surface area contributed by atoms with E-state index in [2.05, 4.69) is 34.9 Å². The van der Waals surface area contributed by atoms with Crippen LogP contribution in [0.25, 0.3) is 11.1 Å². The van der Waals surface area contributed by atoms with Gasteiger partial charge in [-0.05, 0) is 46.9 Å². The van der Waals surface area contributed by atoms with Crippen molar-refractivity contribution in [3.05, 3.63) is 59.7 Å². The molecule has 2 atom stereocenters. The quantitative estimate of drug-likeness (QED) is 0.513. The number of amides is 2. The highest BCUT2D eigenvalue weighted by Gasteiger charge is 2.36. The Kier molecular flexibility index (Phi) is 7.20. The molecule has 180 valence electrons. The summed E-state index contributed by atoms with van der Waals surface area (Å²) in [4.78, 5) is 37.0. The molecule has 0 heterocycles. The van der Waals surface area contributed by atoms with Crippen LogP contribution in [-0.4, -0.2) is 41.8 Å². The number of carboxylic acid groups (broad SMARTS) is 1. The summed E-state index contributed by atoms with van der Waals surface area (Å²) >= 11 is 0. The van der Waals surface area contributed by atoms with E-state index in [1.165, 1.54) is 0 Å². The SMILES string of the molecule is CC(C)C(CC(=O)O)NC(=O)C(NC(=O)OCC1c2ccccc2-c2ccccc21)C1CCC1. The van der Waals surface area contributed by atoms with Gasteiger partial charge in [0.2, 0.25) is 5.91 Å². The maximum atomic E-state index is 13.0. The zero-order valence-electron chi connectivity index (χ0n) is 19.6. The van der Waals surface area contributed by atoms with Gasteiger partial charge in [-0.1, -0.05) is 68.8 Å². The average Bonchev–Trinajstić information content (AvgIpc) is 3.09. The monoisotopic (exact) mass is 464 g/mol. The summed E-state index contributed by atoms with van der Waals surface area (Å²) in [6, 6.07) is 15.0. The number of ether oxygens (including phenoxy) is 1. The van der Waals surface area contributed by atoms with Crippen molar-refractivity contribution in [1.82, 2.24) is 10.6 Å². The number of alkyl carbamates (subject to hydrolysis) is 1. The fourth-order valence-electron chi connectivity index (χ4n) is 4.85. The number of hydrogen-bond donors (Lipinski definition) is 3. The molecular weight excluding hydrogens is 432 g/mol. The molecule has 4 rings (SSSR count). The Morgan fingerprint density at radius 1 is 0.971 bits per heavy atom. The van der Waals surface area contributed by atoms with Crippen LogP contribution >= 0.6 is 0 Å². The van der Waals surface area contributed by atoms with E-state index < -0.39 is 24.1 Å². The fraction of sp³-hybridized carbons (Fsp3) is 0.444. The molecule has 2 aromatic rings. The number of aliphatic carboxylic acids is 1. The predicted octanol–water partition coefficient (Wildman–Crippen LogP) is 4.31. The van der Waals surface area contributed by atoms with Crippen molar-refractivity contribution < 1.29 is 24.2 Å². The Labute approximate surface area is 199 Å². The van der Waals surface area contributed by atoms with Crippen LogP contribution in [0, 0.1) is 11.8 Å². The molecule has 1 fully saturated rings. The summed E-state index contributed by atoms with van der Waals surface area (Å²) in [6.07, 6.45) is 1.89. The first kappa shape index (κ1) is 23.8.